The van der Waals surface area contributed by atoms with Crippen molar-refractivity contribution in [3.8, 4) is 11.5 Å². The van der Waals surface area contributed by atoms with E-state index in [1.165, 1.54) is 0 Å². The van der Waals surface area contributed by atoms with Gasteiger partial charge in [-0.1, -0.05) is 19.1 Å². The summed E-state index contributed by atoms with van der Waals surface area (Å²) in [5.41, 5.74) is -0.615. The molecule has 0 amide bonds. The second-order valence-electron chi connectivity index (χ2n) is 6.89. The van der Waals surface area contributed by atoms with Crippen molar-refractivity contribution in [1.82, 2.24) is 9.80 Å². The van der Waals surface area contributed by atoms with Gasteiger partial charge in [-0.05, 0) is 45.1 Å². The minimum absolute atomic E-state index is 0.00905. The number of likely N-dealkylation sites (tertiary alicyclic amines) is 1. The quantitative estimate of drug-likeness (QED) is 0.893. The van der Waals surface area contributed by atoms with Crippen molar-refractivity contribution in [3.63, 3.8) is 0 Å². The number of rotatable bonds is 5. The van der Waals surface area contributed by atoms with Crippen LogP contribution in [0, 0.1) is 0 Å². The summed E-state index contributed by atoms with van der Waals surface area (Å²) < 4.78 is 11.8. The van der Waals surface area contributed by atoms with Gasteiger partial charge in [0.25, 0.3) is 0 Å². The van der Waals surface area contributed by atoms with Crippen LogP contribution in [0.1, 0.15) is 19.8 Å². The van der Waals surface area contributed by atoms with E-state index in [1.807, 2.05) is 24.3 Å². The summed E-state index contributed by atoms with van der Waals surface area (Å²) in [4.78, 5) is 4.49. The molecule has 0 saturated carbocycles. The highest BCUT2D eigenvalue weighted by Crippen LogP contribution is 2.31. The van der Waals surface area contributed by atoms with Crippen molar-refractivity contribution in [2.75, 3.05) is 46.4 Å². The van der Waals surface area contributed by atoms with Gasteiger partial charge in [0.1, 0.15) is 12.7 Å². The molecule has 5 heteroatoms. The van der Waals surface area contributed by atoms with E-state index in [0.29, 0.717) is 13.2 Å². The number of likely N-dealkylation sites (N-methyl/N-ethyl adjacent to an activating group) is 2. The zero-order valence-corrected chi connectivity index (χ0v) is 14.2. The van der Waals surface area contributed by atoms with Crippen molar-refractivity contribution >= 4 is 0 Å². The number of nitrogens with zero attached hydrogens (tertiary/aromatic N) is 2. The van der Waals surface area contributed by atoms with E-state index in [-0.39, 0.29) is 6.10 Å². The molecule has 0 radical (unpaired) electrons. The minimum atomic E-state index is -0.615. The Kier molecular flexibility index (Phi) is 5.09. The third-order valence-corrected chi connectivity index (χ3v) is 4.74. The second kappa shape index (κ2) is 7.07. The molecule has 1 fully saturated rings. The Morgan fingerprint density at radius 3 is 2.87 bits per heavy atom. The van der Waals surface area contributed by atoms with Crippen LogP contribution in [0.25, 0.3) is 0 Å². The van der Waals surface area contributed by atoms with Crippen LogP contribution < -0.4 is 9.47 Å². The summed E-state index contributed by atoms with van der Waals surface area (Å²) in [6, 6.07) is 7.80. The Labute approximate surface area is 138 Å². The van der Waals surface area contributed by atoms with Gasteiger partial charge in [0.15, 0.2) is 11.5 Å². The molecule has 3 rings (SSSR count). The van der Waals surface area contributed by atoms with Crippen molar-refractivity contribution in [2.24, 2.45) is 0 Å². The smallest absolute Gasteiger partial charge is 0.161 e. The van der Waals surface area contributed by atoms with Crippen LogP contribution >= 0.6 is 0 Å². The molecule has 2 heterocycles. The molecule has 1 aromatic rings. The number of aliphatic hydroxyl groups is 1. The fourth-order valence-electron chi connectivity index (χ4n) is 3.63. The number of ether oxygens (including phenoxy) is 2. The van der Waals surface area contributed by atoms with Crippen LogP contribution in [0.2, 0.25) is 0 Å². The van der Waals surface area contributed by atoms with E-state index < -0.39 is 5.60 Å². The molecule has 23 heavy (non-hydrogen) atoms. The lowest BCUT2D eigenvalue weighted by molar-refractivity contribution is -0.0540. The Balaban J connectivity index is 1.58. The topological polar surface area (TPSA) is 45.2 Å². The van der Waals surface area contributed by atoms with Crippen molar-refractivity contribution in [2.45, 2.75) is 31.5 Å². The van der Waals surface area contributed by atoms with Gasteiger partial charge in [-0.2, -0.15) is 0 Å². The number of fused-ring (bicyclic) bond motifs is 1. The average molecular weight is 320 g/mol. The fraction of sp³-hybridized carbons (Fsp3) is 0.667. The van der Waals surface area contributed by atoms with Gasteiger partial charge in [0, 0.05) is 19.6 Å². The summed E-state index contributed by atoms with van der Waals surface area (Å²) in [6.07, 6.45) is 1.94. The maximum Gasteiger partial charge on any atom is 0.161 e. The maximum absolute atomic E-state index is 10.9. The molecule has 0 spiro atoms. The summed E-state index contributed by atoms with van der Waals surface area (Å²) in [7, 11) is 2.08. The average Bonchev–Trinajstić information content (AvgIpc) is 2.53. The van der Waals surface area contributed by atoms with E-state index >= 15 is 0 Å². The van der Waals surface area contributed by atoms with Crippen LogP contribution in [0.5, 0.6) is 11.5 Å². The first-order valence-corrected chi connectivity index (χ1v) is 8.60. The Bertz CT molecular complexity index is 525. The highest BCUT2D eigenvalue weighted by Gasteiger charge is 2.34. The first-order chi connectivity index (χ1) is 11.1. The Morgan fingerprint density at radius 1 is 1.35 bits per heavy atom. The monoisotopic (exact) mass is 320 g/mol. The summed E-state index contributed by atoms with van der Waals surface area (Å²) in [5.74, 6) is 1.63. The summed E-state index contributed by atoms with van der Waals surface area (Å²) in [5, 5.41) is 10.9. The molecule has 2 aliphatic rings. The van der Waals surface area contributed by atoms with Gasteiger partial charge in [-0.15, -0.1) is 0 Å². The van der Waals surface area contributed by atoms with Gasteiger partial charge in [0.2, 0.25) is 0 Å². The number of β-amino-alcohol motifs (C(OH)–C–C–N with tert-alkyl or cyclic N) is 1. The largest absolute Gasteiger partial charge is 0.486 e. The van der Waals surface area contributed by atoms with Gasteiger partial charge in [-0.3, -0.25) is 4.90 Å². The van der Waals surface area contributed by atoms with Crippen molar-refractivity contribution in [3.05, 3.63) is 24.3 Å². The Morgan fingerprint density at radius 2 is 2.13 bits per heavy atom. The van der Waals surface area contributed by atoms with E-state index in [4.69, 9.17) is 9.47 Å². The highest BCUT2D eigenvalue weighted by molar-refractivity contribution is 5.40. The van der Waals surface area contributed by atoms with Gasteiger partial charge in [0.05, 0.1) is 5.60 Å². The highest BCUT2D eigenvalue weighted by atomic mass is 16.6. The molecule has 1 N–H and O–H groups in total. The predicted molar refractivity (Wildman–Crippen MR) is 90.1 cm³/mol. The number of piperidine rings is 1. The number of para-hydroxylation sites is 2. The van der Waals surface area contributed by atoms with Crippen molar-refractivity contribution < 1.29 is 14.6 Å². The first kappa shape index (κ1) is 16.6. The zero-order chi connectivity index (χ0) is 16.3. The van der Waals surface area contributed by atoms with Crippen LogP contribution in [-0.4, -0.2) is 73.0 Å². The van der Waals surface area contributed by atoms with Crippen LogP contribution in [-0.2, 0) is 0 Å². The third kappa shape index (κ3) is 4.16. The lowest BCUT2D eigenvalue weighted by Crippen LogP contribution is -2.55. The van der Waals surface area contributed by atoms with Crippen LogP contribution in [0.15, 0.2) is 24.3 Å². The Hall–Kier alpha value is -1.30. The molecule has 1 saturated heterocycles. The molecule has 5 nitrogen and oxygen atoms in total. The normalized spacial score (nSPS) is 28.1. The first-order valence-electron chi connectivity index (χ1n) is 8.60. The van der Waals surface area contributed by atoms with E-state index in [9.17, 15) is 5.11 Å². The number of hydrogen-bond donors (Lipinski definition) is 1. The summed E-state index contributed by atoms with van der Waals surface area (Å²) >= 11 is 0. The molecule has 0 aromatic heterocycles. The van der Waals surface area contributed by atoms with Crippen LogP contribution in [0.4, 0.5) is 0 Å². The lowest BCUT2D eigenvalue weighted by Gasteiger charge is -2.41. The molecule has 0 unspecified atom stereocenters. The fourth-order valence-corrected chi connectivity index (χ4v) is 3.63. The lowest BCUT2D eigenvalue weighted by atomic mass is 9.92. The standard InChI is InChI=1S/C18H28N2O3/c1-3-20(14-18(21)9-6-10-19(2)13-18)11-15-12-22-16-7-4-5-8-17(16)23-15/h4-5,7-8,15,21H,3,6,9-14H2,1-2H3/t15-,18-/m1/s1. The minimum Gasteiger partial charge on any atom is -0.486 e. The van der Waals surface area contributed by atoms with E-state index in [1.54, 1.807) is 0 Å². The van der Waals surface area contributed by atoms with Gasteiger partial charge in [-0.25, -0.2) is 0 Å². The number of hydrogen-bond acceptors (Lipinski definition) is 5. The van der Waals surface area contributed by atoms with E-state index in [2.05, 4.69) is 23.8 Å². The van der Waals surface area contributed by atoms with Crippen molar-refractivity contribution in [1.29, 1.82) is 0 Å². The maximum atomic E-state index is 10.9. The number of benzene rings is 1. The molecule has 0 bridgehead atoms. The molecule has 0 aliphatic carbocycles. The zero-order valence-electron chi connectivity index (χ0n) is 14.2. The molecule has 1 aromatic carbocycles. The molecular weight excluding hydrogens is 292 g/mol. The predicted octanol–water partition coefficient (Wildman–Crippen LogP) is 1.60. The third-order valence-electron chi connectivity index (χ3n) is 4.74. The molecule has 2 atom stereocenters. The molecule has 2 aliphatic heterocycles. The summed E-state index contributed by atoms with van der Waals surface area (Å²) in [6.45, 7) is 6.87. The molecular formula is C18H28N2O3. The van der Waals surface area contributed by atoms with Crippen LogP contribution in [0.3, 0.4) is 0 Å². The van der Waals surface area contributed by atoms with Gasteiger partial charge < -0.3 is 19.5 Å². The van der Waals surface area contributed by atoms with E-state index in [0.717, 1.165) is 50.5 Å². The SMILES string of the molecule is CCN(C[C@@H]1COc2ccccc2O1)C[C@@]1(O)CCCN(C)C1. The van der Waals surface area contributed by atoms with Gasteiger partial charge >= 0.3 is 0 Å². The second-order valence-corrected chi connectivity index (χ2v) is 6.89. The molecule has 128 valence electrons.